The van der Waals surface area contributed by atoms with Crippen LogP contribution in [0.2, 0.25) is 0 Å². The van der Waals surface area contributed by atoms with Gasteiger partial charge in [-0.1, -0.05) is 73.5 Å². The average molecular weight is 608 g/mol. The number of nitrogens with one attached hydrogen (secondary N) is 1. The minimum atomic E-state index is -0.776. The van der Waals surface area contributed by atoms with Crippen LogP contribution >= 0.6 is 11.8 Å². The largest absolute Gasteiger partial charge is 0.496 e. The maximum atomic E-state index is 12.3. The molecular weight excluding hydrogens is 566 g/mol. The number of amides is 1. The summed E-state index contributed by atoms with van der Waals surface area (Å²) in [4.78, 5) is 23.9. The lowest BCUT2D eigenvalue weighted by molar-refractivity contribution is -0.245. The molecule has 1 saturated heterocycles. The molecule has 0 saturated carbocycles. The summed E-state index contributed by atoms with van der Waals surface area (Å²) in [6, 6.07) is 23.7. The van der Waals surface area contributed by atoms with Gasteiger partial charge in [0.2, 0.25) is 5.91 Å². The van der Waals surface area contributed by atoms with E-state index in [9.17, 15) is 14.7 Å². The Hall–Kier alpha value is -3.37. The Labute approximate surface area is 257 Å². The lowest BCUT2D eigenvalue weighted by Crippen LogP contribution is -2.31. The van der Waals surface area contributed by atoms with Gasteiger partial charge in [-0.3, -0.25) is 9.59 Å². The number of ether oxygens (including phenoxy) is 3. The van der Waals surface area contributed by atoms with Gasteiger partial charge in [0.1, 0.15) is 5.75 Å². The molecule has 8 nitrogen and oxygen atoms in total. The minimum absolute atomic E-state index is 0.00286. The second kappa shape index (κ2) is 17.1. The van der Waals surface area contributed by atoms with E-state index < -0.39 is 12.3 Å². The maximum Gasteiger partial charge on any atom is 0.303 e. The summed E-state index contributed by atoms with van der Waals surface area (Å²) >= 11 is 1.70. The standard InChI is InChI=1S/C34H41NO7S/c1-40-29-8-6-7-9-31(29)43-23-28-20-30(26-16-14-25(22-36)15-17-26)42-34(41-28)27-18-12-24(13-19-27)21-35-32(37)10-4-2-3-5-11-33(38)39/h6-9,12-19,28,30,34,36H,2-5,10-11,20-23H2,1H3,(H,35,37)(H,38,39)/t28-,30+,34+/m0/s1. The van der Waals surface area contributed by atoms with Gasteiger partial charge in [-0.05, 0) is 41.7 Å². The molecule has 4 rings (SSSR count). The summed E-state index contributed by atoms with van der Waals surface area (Å²) in [5.74, 6) is 0.786. The molecule has 230 valence electrons. The summed E-state index contributed by atoms with van der Waals surface area (Å²) in [6.07, 6.45) is 3.59. The van der Waals surface area contributed by atoms with Gasteiger partial charge in [-0.2, -0.15) is 0 Å². The number of para-hydroxylation sites is 1. The third-order valence-electron chi connectivity index (χ3n) is 7.39. The minimum Gasteiger partial charge on any atom is -0.496 e. The molecule has 0 aromatic heterocycles. The number of aliphatic hydroxyl groups excluding tert-OH is 1. The highest BCUT2D eigenvalue weighted by atomic mass is 32.2. The van der Waals surface area contributed by atoms with Crippen molar-refractivity contribution in [3.63, 3.8) is 0 Å². The molecule has 0 aliphatic carbocycles. The zero-order valence-corrected chi connectivity index (χ0v) is 25.4. The Bertz CT molecular complexity index is 1300. The number of aliphatic carboxylic acids is 1. The van der Waals surface area contributed by atoms with E-state index in [0.717, 1.165) is 57.9 Å². The van der Waals surface area contributed by atoms with E-state index in [1.165, 1.54) is 0 Å². The van der Waals surface area contributed by atoms with Gasteiger partial charge in [0.15, 0.2) is 6.29 Å². The average Bonchev–Trinajstić information content (AvgIpc) is 3.04. The van der Waals surface area contributed by atoms with Gasteiger partial charge in [0, 0.05) is 42.0 Å². The second-order valence-electron chi connectivity index (χ2n) is 10.6. The fourth-order valence-corrected chi connectivity index (χ4v) is 5.99. The maximum absolute atomic E-state index is 12.3. The first-order chi connectivity index (χ1) is 20.9. The van der Waals surface area contributed by atoms with Gasteiger partial charge >= 0.3 is 5.97 Å². The van der Waals surface area contributed by atoms with E-state index in [1.54, 1.807) is 18.9 Å². The molecule has 3 N–H and O–H groups in total. The lowest BCUT2D eigenvalue weighted by atomic mass is 10.0. The smallest absolute Gasteiger partial charge is 0.303 e. The summed E-state index contributed by atoms with van der Waals surface area (Å²) < 4.78 is 18.4. The number of carboxylic acids is 1. The molecule has 3 atom stereocenters. The van der Waals surface area contributed by atoms with Crippen LogP contribution in [0.5, 0.6) is 5.75 Å². The van der Waals surface area contributed by atoms with Crippen LogP contribution in [0, 0.1) is 0 Å². The number of rotatable bonds is 16. The molecule has 1 aliphatic heterocycles. The van der Waals surface area contributed by atoms with Crippen LogP contribution in [0.15, 0.2) is 77.7 Å². The predicted molar refractivity (Wildman–Crippen MR) is 166 cm³/mol. The highest BCUT2D eigenvalue weighted by molar-refractivity contribution is 7.99. The van der Waals surface area contributed by atoms with E-state index in [4.69, 9.17) is 19.3 Å². The van der Waals surface area contributed by atoms with Crippen molar-refractivity contribution in [2.75, 3.05) is 12.9 Å². The molecule has 1 aliphatic rings. The fourth-order valence-electron chi connectivity index (χ4n) is 4.94. The Kier molecular flexibility index (Phi) is 12.9. The number of thioether (sulfide) groups is 1. The summed E-state index contributed by atoms with van der Waals surface area (Å²) in [6.45, 7) is 0.430. The quantitative estimate of drug-likeness (QED) is 0.124. The molecule has 3 aromatic rings. The molecule has 1 fully saturated rings. The normalized spacial score (nSPS) is 18.2. The molecule has 0 bridgehead atoms. The molecule has 43 heavy (non-hydrogen) atoms. The van der Waals surface area contributed by atoms with E-state index in [0.29, 0.717) is 25.8 Å². The molecule has 0 unspecified atom stereocenters. The van der Waals surface area contributed by atoms with Gasteiger partial charge in [0.05, 0.1) is 25.9 Å². The molecule has 0 spiro atoms. The monoisotopic (exact) mass is 607 g/mol. The molecule has 9 heteroatoms. The van der Waals surface area contributed by atoms with Gasteiger partial charge in [-0.15, -0.1) is 11.8 Å². The number of methoxy groups -OCH3 is 1. The molecule has 0 radical (unpaired) electrons. The zero-order chi connectivity index (χ0) is 30.4. The van der Waals surface area contributed by atoms with Crippen LogP contribution in [0.1, 0.15) is 79.6 Å². The number of hydrogen-bond acceptors (Lipinski definition) is 7. The number of carbonyl (C=O) groups is 2. The Morgan fingerprint density at radius 2 is 1.56 bits per heavy atom. The van der Waals surface area contributed by atoms with Crippen LogP contribution in [0.3, 0.4) is 0 Å². The number of unbranched alkanes of at least 4 members (excludes halogenated alkanes) is 3. The van der Waals surface area contributed by atoms with Crippen molar-refractivity contribution in [3.8, 4) is 5.75 Å². The SMILES string of the molecule is COc1ccccc1SC[C@@H]1C[C@H](c2ccc(CO)cc2)O[C@H](c2ccc(CNC(=O)CCCCCCC(=O)O)cc2)O1. The lowest BCUT2D eigenvalue weighted by Gasteiger charge is -2.36. The van der Waals surface area contributed by atoms with Crippen LogP contribution in [0.25, 0.3) is 0 Å². The van der Waals surface area contributed by atoms with Crippen LogP contribution in [-0.2, 0) is 32.2 Å². The van der Waals surface area contributed by atoms with Crippen LogP contribution < -0.4 is 10.1 Å². The van der Waals surface area contributed by atoms with Crippen LogP contribution in [-0.4, -0.2) is 41.1 Å². The van der Waals surface area contributed by atoms with Gasteiger partial charge in [-0.25, -0.2) is 0 Å². The first-order valence-corrected chi connectivity index (χ1v) is 15.8. The topological polar surface area (TPSA) is 114 Å². The van der Waals surface area contributed by atoms with Crippen molar-refractivity contribution >= 4 is 23.6 Å². The number of carbonyl (C=O) groups excluding carboxylic acids is 1. The van der Waals surface area contributed by atoms with Crippen LogP contribution in [0.4, 0.5) is 0 Å². The Morgan fingerprint density at radius 1 is 0.884 bits per heavy atom. The zero-order valence-electron chi connectivity index (χ0n) is 24.6. The molecule has 1 heterocycles. The van der Waals surface area contributed by atoms with Crippen molar-refractivity contribution in [1.82, 2.24) is 5.32 Å². The van der Waals surface area contributed by atoms with E-state index in [1.807, 2.05) is 72.8 Å². The number of hydrogen-bond donors (Lipinski definition) is 3. The first kappa shape index (κ1) is 32.5. The van der Waals surface area contributed by atoms with Gasteiger partial charge < -0.3 is 29.7 Å². The van der Waals surface area contributed by atoms with E-state index in [-0.39, 0.29) is 31.1 Å². The number of benzene rings is 3. The summed E-state index contributed by atoms with van der Waals surface area (Å²) in [7, 11) is 1.68. The fraction of sp³-hybridized carbons (Fsp3) is 0.412. The molecule has 1 amide bonds. The first-order valence-electron chi connectivity index (χ1n) is 14.8. The predicted octanol–water partition coefficient (Wildman–Crippen LogP) is 6.57. The highest BCUT2D eigenvalue weighted by Gasteiger charge is 2.32. The number of carboxylic acid groups (broad SMARTS) is 1. The van der Waals surface area contributed by atoms with Crippen molar-refractivity contribution < 1.29 is 34.0 Å². The number of aliphatic hydroxyl groups is 1. The van der Waals surface area contributed by atoms with Crippen molar-refractivity contribution in [2.24, 2.45) is 0 Å². The van der Waals surface area contributed by atoms with Gasteiger partial charge in [0.25, 0.3) is 0 Å². The van der Waals surface area contributed by atoms with Crippen molar-refractivity contribution in [2.45, 2.75) is 81.5 Å². The molecular formula is C34H41NO7S. The van der Waals surface area contributed by atoms with Crippen molar-refractivity contribution in [1.29, 1.82) is 0 Å². The summed E-state index contributed by atoms with van der Waals surface area (Å²) in [5, 5.41) is 21.1. The third kappa shape index (κ3) is 10.4. The third-order valence-corrected chi connectivity index (χ3v) is 8.58. The highest BCUT2D eigenvalue weighted by Crippen LogP contribution is 2.40. The van der Waals surface area contributed by atoms with Crippen molar-refractivity contribution in [3.05, 3.63) is 95.1 Å². The Morgan fingerprint density at radius 3 is 2.26 bits per heavy atom. The van der Waals surface area contributed by atoms with E-state index in [2.05, 4.69) is 5.32 Å². The van der Waals surface area contributed by atoms with E-state index >= 15 is 0 Å². The summed E-state index contributed by atoms with van der Waals surface area (Å²) in [5.41, 5.74) is 3.78. The molecule has 3 aromatic carbocycles. The Balaban J connectivity index is 1.35. The second-order valence-corrected chi connectivity index (χ2v) is 11.7.